The monoisotopic (exact) mass is 346 g/mol. The van der Waals surface area contributed by atoms with Gasteiger partial charge >= 0.3 is 5.97 Å². The van der Waals surface area contributed by atoms with Gasteiger partial charge in [0, 0.05) is 11.5 Å². The molecule has 2 N–H and O–H groups in total. The topological polar surface area (TPSA) is 93.2 Å². The molecule has 0 saturated carbocycles. The van der Waals surface area contributed by atoms with Crippen LogP contribution in [0, 0.1) is 16.7 Å². The van der Waals surface area contributed by atoms with E-state index in [9.17, 15) is 14.9 Å². The van der Waals surface area contributed by atoms with Gasteiger partial charge in [-0.1, -0.05) is 60.7 Å². The van der Waals surface area contributed by atoms with E-state index in [0.717, 1.165) is 0 Å². The van der Waals surface area contributed by atoms with Crippen molar-refractivity contribution in [2.45, 2.75) is 12.8 Å². The molecule has 1 aliphatic carbocycles. The van der Waals surface area contributed by atoms with Crippen LogP contribution in [0.15, 0.2) is 66.2 Å². The molecule has 2 aromatic carbocycles. The van der Waals surface area contributed by atoms with E-state index < -0.39 is 23.2 Å². The molecule has 1 amide bonds. The molecular weight excluding hydrogens is 328 g/mol. The van der Waals surface area contributed by atoms with Gasteiger partial charge in [0.05, 0.1) is 18.2 Å². The van der Waals surface area contributed by atoms with Crippen molar-refractivity contribution < 1.29 is 14.3 Å². The Labute approximate surface area is 151 Å². The van der Waals surface area contributed by atoms with E-state index in [1.165, 1.54) is 0 Å². The van der Waals surface area contributed by atoms with Crippen molar-refractivity contribution in [1.29, 1.82) is 5.26 Å². The molecule has 0 fully saturated rings. The quantitative estimate of drug-likeness (QED) is 0.843. The number of amides is 1. The summed E-state index contributed by atoms with van der Waals surface area (Å²) in [4.78, 5) is 25.1. The summed E-state index contributed by atoms with van der Waals surface area (Å²) >= 11 is 0. The molecule has 130 valence electrons. The molecule has 1 aliphatic rings. The molecule has 0 heterocycles. The van der Waals surface area contributed by atoms with Crippen LogP contribution in [-0.4, -0.2) is 18.5 Å². The molecule has 5 nitrogen and oxygen atoms in total. The zero-order valence-electron chi connectivity index (χ0n) is 14.3. The van der Waals surface area contributed by atoms with E-state index in [0.29, 0.717) is 22.3 Å². The number of benzene rings is 2. The number of carbonyl (C=O) groups is 2. The molecule has 3 rings (SSSR count). The number of primary amides is 1. The Morgan fingerprint density at radius 1 is 1.12 bits per heavy atom. The molecule has 2 unspecified atom stereocenters. The minimum absolute atomic E-state index is 0.196. The van der Waals surface area contributed by atoms with E-state index in [2.05, 4.69) is 6.07 Å². The lowest BCUT2D eigenvalue weighted by molar-refractivity contribution is -0.139. The van der Waals surface area contributed by atoms with Crippen LogP contribution < -0.4 is 5.73 Å². The average Bonchev–Trinajstić information content (AvgIpc) is 2.63. The summed E-state index contributed by atoms with van der Waals surface area (Å²) in [6.45, 7) is 1.91. The maximum atomic E-state index is 12.7. The number of hydrogen-bond donors (Lipinski definition) is 1. The maximum absolute atomic E-state index is 12.7. The summed E-state index contributed by atoms with van der Waals surface area (Å²) in [5.41, 5.74) is 6.00. The molecule has 5 heteroatoms. The number of ether oxygens (including phenoxy) is 1. The van der Waals surface area contributed by atoms with Crippen molar-refractivity contribution in [3.63, 3.8) is 0 Å². The van der Waals surface area contributed by atoms with Crippen LogP contribution in [0.4, 0.5) is 0 Å². The standard InChI is InChI=1S/C21H18N2O3/c1-2-26-19(24)16-17(14-9-5-3-6-10-14)21(13-22,20(23)25)18(16)15-11-7-4-8-12-15/h3-12,17H,2H2,1H3,(H2,23,25). The van der Waals surface area contributed by atoms with E-state index in [4.69, 9.17) is 10.5 Å². The number of nitrogens with zero attached hydrogens (tertiary/aromatic N) is 1. The summed E-state index contributed by atoms with van der Waals surface area (Å²) < 4.78 is 5.21. The highest BCUT2D eigenvalue weighted by atomic mass is 16.5. The van der Waals surface area contributed by atoms with Gasteiger partial charge in [-0.2, -0.15) is 5.26 Å². The minimum atomic E-state index is -1.62. The zero-order valence-corrected chi connectivity index (χ0v) is 14.3. The molecule has 0 aliphatic heterocycles. The van der Waals surface area contributed by atoms with Gasteiger partial charge in [0.2, 0.25) is 5.91 Å². The Bertz CT molecular complexity index is 913. The number of carbonyl (C=O) groups excluding carboxylic acids is 2. The molecule has 26 heavy (non-hydrogen) atoms. The number of nitrogens with two attached hydrogens (primary N) is 1. The first-order valence-electron chi connectivity index (χ1n) is 8.31. The molecule has 2 aromatic rings. The lowest BCUT2D eigenvalue weighted by Gasteiger charge is -2.45. The van der Waals surface area contributed by atoms with Crippen LogP contribution in [-0.2, 0) is 14.3 Å². The zero-order chi connectivity index (χ0) is 18.7. The normalized spacial score (nSPS) is 21.5. The Morgan fingerprint density at radius 2 is 1.69 bits per heavy atom. The van der Waals surface area contributed by atoms with Crippen molar-refractivity contribution in [3.8, 4) is 6.07 Å². The highest BCUT2D eigenvalue weighted by molar-refractivity contribution is 6.15. The Morgan fingerprint density at radius 3 is 2.19 bits per heavy atom. The minimum Gasteiger partial charge on any atom is -0.463 e. The highest BCUT2D eigenvalue weighted by Gasteiger charge is 2.62. The van der Waals surface area contributed by atoms with Crippen molar-refractivity contribution >= 4 is 17.4 Å². The third kappa shape index (κ3) is 2.47. The van der Waals surface area contributed by atoms with Gasteiger partial charge in [-0.15, -0.1) is 0 Å². The molecule has 0 bridgehead atoms. The largest absolute Gasteiger partial charge is 0.463 e. The van der Waals surface area contributed by atoms with Crippen LogP contribution in [0.1, 0.15) is 24.0 Å². The van der Waals surface area contributed by atoms with Crippen LogP contribution >= 0.6 is 0 Å². The van der Waals surface area contributed by atoms with Crippen molar-refractivity contribution in [2.24, 2.45) is 11.1 Å². The SMILES string of the molecule is CCOC(=O)C1=C(c2ccccc2)C(C#N)(C(N)=O)C1c1ccccc1. The van der Waals surface area contributed by atoms with Crippen LogP contribution in [0.25, 0.3) is 5.57 Å². The second kappa shape index (κ2) is 6.85. The van der Waals surface area contributed by atoms with Gasteiger partial charge in [0.25, 0.3) is 0 Å². The lowest BCUT2D eigenvalue weighted by atomic mass is 9.52. The fourth-order valence-corrected chi connectivity index (χ4v) is 3.56. The van der Waals surface area contributed by atoms with Gasteiger partial charge in [0.1, 0.15) is 0 Å². The fourth-order valence-electron chi connectivity index (χ4n) is 3.56. The van der Waals surface area contributed by atoms with Crippen LogP contribution in [0.3, 0.4) is 0 Å². The van der Waals surface area contributed by atoms with E-state index in [1.807, 2.05) is 12.1 Å². The Balaban J connectivity index is 2.31. The number of esters is 1. The van der Waals surface area contributed by atoms with Crippen LogP contribution in [0.2, 0.25) is 0 Å². The van der Waals surface area contributed by atoms with Gasteiger partial charge in [-0.05, 0) is 18.1 Å². The molecule has 2 atom stereocenters. The fraction of sp³-hybridized carbons (Fsp3) is 0.190. The number of hydrogen-bond acceptors (Lipinski definition) is 4. The summed E-state index contributed by atoms with van der Waals surface area (Å²) in [6.07, 6.45) is 0. The van der Waals surface area contributed by atoms with E-state index >= 15 is 0 Å². The predicted molar refractivity (Wildman–Crippen MR) is 96.4 cm³/mol. The molecule has 0 aromatic heterocycles. The van der Waals surface area contributed by atoms with Gasteiger partial charge in [0.15, 0.2) is 5.41 Å². The van der Waals surface area contributed by atoms with Gasteiger partial charge < -0.3 is 10.5 Å². The number of rotatable bonds is 5. The van der Waals surface area contributed by atoms with Crippen molar-refractivity contribution in [3.05, 3.63) is 77.4 Å². The van der Waals surface area contributed by atoms with Gasteiger partial charge in [-0.25, -0.2) is 4.79 Å². The summed E-state index contributed by atoms with van der Waals surface area (Å²) in [5, 5.41) is 9.96. The van der Waals surface area contributed by atoms with Crippen LogP contribution in [0.5, 0.6) is 0 Å². The van der Waals surface area contributed by atoms with E-state index in [1.54, 1.807) is 55.5 Å². The number of nitriles is 1. The average molecular weight is 346 g/mol. The van der Waals surface area contributed by atoms with Crippen molar-refractivity contribution in [2.75, 3.05) is 6.61 Å². The molecular formula is C21H18N2O3. The predicted octanol–water partition coefficient (Wildman–Crippen LogP) is 2.80. The molecule has 0 saturated heterocycles. The van der Waals surface area contributed by atoms with E-state index in [-0.39, 0.29) is 6.61 Å². The Kier molecular flexibility index (Phi) is 4.59. The third-order valence-corrected chi connectivity index (χ3v) is 4.64. The van der Waals surface area contributed by atoms with Gasteiger partial charge in [-0.3, -0.25) is 4.79 Å². The first kappa shape index (κ1) is 17.4. The second-order valence-corrected chi connectivity index (χ2v) is 6.00. The maximum Gasteiger partial charge on any atom is 0.335 e. The molecule has 0 radical (unpaired) electrons. The first-order chi connectivity index (χ1) is 12.6. The smallest absolute Gasteiger partial charge is 0.335 e. The first-order valence-corrected chi connectivity index (χ1v) is 8.31. The summed E-state index contributed by atoms with van der Waals surface area (Å²) in [5.74, 6) is -2.08. The van der Waals surface area contributed by atoms with Crippen molar-refractivity contribution in [1.82, 2.24) is 0 Å². The second-order valence-electron chi connectivity index (χ2n) is 6.00. The lowest BCUT2D eigenvalue weighted by Crippen LogP contribution is -2.51. The Hall–Kier alpha value is -3.39. The summed E-state index contributed by atoms with van der Waals surface area (Å²) in [6, 6.07) is 20.0. The summed E-state index contributed by atoms with van der Waals surface area (Å²) in [7, 11) is 0. The molecule has 0 spiro atoms. The third-order valence-electron chi connectivity index (χ3n) is 4.64. The highest BCUT2D eigenvalue weighted by Crippen LogP contribution is 2.61.